The minimum atomic E-state index is -5.39. The topological polar surface area (TPSA) is 167 Å². The second-order valence-electron chi connectivity index (χ2n) is 0.855. The van der Waals surface area contributed by atoms with Crippen LogP contribution < -0.4 is 44.2 Å². The van der Waals surface area contributed by atoms with Crippen LogP contribution in [0.15, 0.2) is 0 Å². The molecule has 0 saturated heterocycles. The Bertz CT molecular complexity index is 202. The maximum absolute atomic E-state index is 8.55. The van der Waals surface area contributed by atoms with Crippen LogP contribution in [0.5, 0.6) is 0 Å². The molecule has 8 nitrogen and oxygen atoms in total. The fraction of sp³-hybridized carbons (Fsp3) is 0. The molecule has 0 bridgehead atoms. The summed E-state index contributed by atoms with van der Waals surface area (Å²) < 4.78 is 42.6. The van der Waals surface area contributed by atoms with E-state index in [9.17, 15) is 0 Å². The van der Waals surface area contributed by atoms with Gasteiger partial charge in [-0.1, -0.05) is 0 Å². The summed E-state index contributed by atoms with van der Waals surface area (Å²) in [5.41, 5.74) is 0. The van der Waals surface area contributed by atoms with Gasteiger partial charge in [0.25, 0.3) is 0 Å². The van der Waals surface area contributed by atoms with Crippen LogP contribution >= 0.6 is 7.82 Å². The Morgan fingerprint density at radius 3 is 1.00 bits per heavy atom. The molecule has 0 aromatic rings. The molecule has 0 aromatic carbocycles. The van der Waals surface area contributed by atoms with Gasteiger partial charge in [-0.15, -0.1) is 0 Å². The molecule has 0 atom stereocenters. The Morgan fingerprint density at radius 1 is 1.00 bits per heavy atom. The smallest absolute Gasteiger partial charge is 0.822 e. The van der Waals surface area contributed by atoms with Crippen LogP contribution in [-0.4, -0.2) is 55.3 Å². The van der Waals surface area contributed by atoms with E-state index in [0.717, 1.165) is 0 Å². The van der Waals surface area contributed by atoms with E-state index < -0.39 is 18.2 Å². The first kappa shape index (κ1) is 29.7. The predicted octanol–water partition coefficient (Wildman–Crippen LogP) is -7.54. The predicted molar refractivity (Wildman–Crippen MR) is 23.8 cm³/mol. The molecule has 0 aliphatic carbocycles. The van der Waals surface area contributed by atoms with Crippen molar-refractivity contribution < 1.29 is 85.8 Å². The molecule has 0 saturated carbocycles. The summed E-state index contributed by atoms with van der Waals surface area (Å²) in [5.74, 6) is 0. The summed E-state index contributed by atoms with van der Waals surface area (Å²) in [6.45, 7) is 0. The number of phosphoric acid groups is 1. The van der Waals surface area contributed by atoms with Crippen LogP contribution in [0, 0.1) is 0 Å². The van der Waals surface area contributed by atoms with Gasteiger partial charge in [-0.2, -0.15) is 7.82 Å². The third kappa shape index (κ3) is 300. The second kappa shape index (κ2) is 12.9. The van der Waals surface area contributed by atoms with E-state index in [4.69, 9.17) is 36.8 Å². The number of rotatable bonds is 0. The van der Waals surface area contributed by atoms with Crippen molar-refractivity contribution in [1.29, 1.82) is 0 Å². The van der Waals surface area contributed by atoms with Crippen molar-refractivity contribution in [2.75, 3.05) is 0 Å². The SMILES string of the molecule is O=P([O-])([O-])[O-].O=S(=O)([O-])[O-].[Ca+2].[Na+].[Zn+2]. The van der Waals surface area contributed by atoms with Crippen molar-refractivity contribution in [2.24, 2.45) is 0 Å². The molecular weight excluding hydrogens is 319 g/mol. The molecule has 0 N–H and O–H groups in total. The Labute approximate surface area is 139 Å². The molecule has 0 aromatic heterocycles. The second-order valence-corrected chi connectivity index (χ2v) is 2.57. The molecule has 0 aliphatic rings. The van der Waals surface area contributed by atoms with E-state index in [1.54, 1.807) is 0 Å². The van der Waals surface area contributed by atoms with Crippen molar-refractivity contribution in [3.63, 3.8) is 0 Å². The molecule has 13 heteroatoms. The quantitative estimate of drug-likeness (QED) is 0.184. The summed E-state index contributed by atoms with van der Waals surface area (Å²) in [7, 11) is -10.6. The van der Waals surface area contributed by atoms with Crippen molar-refractivity contribution in [3.05, 3.63) is 0 Å². The largest absolute Gasteiger partial charge is 2.00 e. The fourth-order valence-electron chi connectivity index (χ4n) is 0. The van der Waals surface area contributed by atoms with Crippen LogP contribution in [0.2, 0.25) is 0 Å². The van der Waals surface area contributed by atoms with Gasteiger partial charge in [0.05, 0.1) is 0 Å². The molecule has 0 fully saturated rings. The van der Waals surface area contributed by atoms with Crippen molar-refractivity contribution in [1.82, 2.24) is 0 Å². The van der Waals surface area contributed by atoms with Gasteiger partial charge < -0.3 is 28.4 Å². The first-order valence-electron chi connectivity index (χ1n) is 1.40. The first-order chi connectivity index (χ1) is 4.00. The molecule has 0 aliphatic heterocycles. The Morgan fingerprint density at radius 2 is 1.00 bits per heavy atom. The Kier molecular flexibility index (Phi) is 29.5. The van der Waals surface area contributed by atoms with Gasteiger partial charge in [-0.25, -0.2) is 0 Å². The molecule has 0 unspecified atom stereocenters. The third-order valence-corrected chi connectivity index (χ3v) is 0. The average Bonchev–Trinajstić information content (AvgIpc) is 1.12. The molecule has 13 heavy (non-hydrogen) atoms. The maximum Gasteiger partial charge on any atom is 2.00 e. The van der Waals surface area contributed by atoms with Crippen LogP contribution in [0.3, 0.4) is 0 Å². The van der Waals surface area contributed by atoms with Crippen LogP contribution in [0.1, 0.15) is 0 Å². The normalized spacial score (nSPS) is 9.00. The molecular formula is CaNaO8PSZn. The number of hydrogen-bond acceptors (Lipinski definition) is 8. The molecule has 0 heterocycles. The van der Waals surface area contributed by atoms with Gasteiger partial charge >= 0.3 is 86.8 Å². The summed E-state index contributed by atoms with van der Waals surface area (Å²) in [6, 6.07) is 0. The van der Waals surface area contributed by atoms with E-state index in [2.05, 4.69) is 0 Å². The van der Waals surface area contributed by atoms with Crippen LogP contribution in [0.25, 0.3) is 0 Å². The zero-order chi connectivity index (χ0) is 9.00. The van der Waals surface area contributed by atoms with Gasteiger partial charge in [0, 0.05) is 10.4 Å². The monoisotopic (exact) mass is 318 g/mol. The van der Waals surface area contributed by atoms with Gasteiger partial charge in [0.1, 0.15) is 0 Å². The average molecular weight is 319 g/mol. The standard InChI is InChI=1S/Ca.Na.H3O4P.H2O4S.Zn/c;;2*1-5(2,3)4;/h;;(H3,1,2,3,4);(H2,1,2,3,4);/q+2;+1;;;+2/p-5. The van der Waals surface area contributed by atoms with E-state index in [0.29, 0.717) is 0 Å². The minimum absolute atomic E-state index is 0. The maximum atomic E-state index is 8.55. The zero-order valence-electron chi connectivity index (χ0n) is 6.54. The van der Waals surface area contributed by atoms with E-state index in [-0.39, 0.29) is 86.8 Å². The van der Waals surface area contributed by atoms with Gasteiger partial charge in [-0.3, -0.25) is 8.42 Å². The third-order valence-electron chi connectivity index (χ3n) is 0. The van der Waals surface area contributed by atoms with Crippen molar-refractivity contribution >= 4 is 56.0 Å². The summed E-state index contributed by atoms with van der Waals surface area (Å²) >= 11 is 0. The van der Waals surface area contributed by atoms with E-state index >= 15 is 0 Å². The number of hydrogen-bond donors (Lipinski definition) is 0. The van der Waals surface area contributed by atoms with E-state index in [1.807, 2.05) is 0 Å². The van der Waals surface area contributed by atoms with Gasteiger partial charge in [0.15, 0.2) is 0 Å². The first-order valence-corrected chi connectivity index (χ1v) is 4.19. The minimum Gasteiger partial charge on any atom is -0.822 e. The zero-order valence-corrected chi connectivity index (χ0v) is 15.4. The summed E-state index contributed by atoms with van der Waals surface area (Å²) in [6.07, 6.45) is 0. The molecule has 0 spiro atoms. The van der Waals surface area contributed by atoms with Gasteiger partial charge in [0.2, 0.25) is 0 Å². The molecule has 0 radical (unpaired) electrons. The van der Waals surface area contributed by atoms with E-state index in [1.165, 1.54) is 0 Å². The molecule has 0 amide bonds. The Hall–Kier alpha value is 2.86. The van der Waals surface area contributed by atoms with Crippen molar-refractivity contribution in [3.8, 4) is 0 Å². The van der Waals surface area contributed by atoms with Gasteiger partial charge in [-0.05, 0) is 0 Å². The fourth-order valence-corrected chi connectivity index (χ4v) is 0. The summed E-state index contributed by atoms with van der Waals surface area (Å²) in [4.78, 5) is 25.6. The van der Waals surface area contributed by atoms with Crippen LogP contribution in [0.4, 0.5) is 0 Å². The van der Waals surface area contributed by atoms with Crippen LogP contribution in [-0.2, 0) is 34.4 Å². The Balaban J connectivity index is -0.0000000267. The summed E-state index contributed by atoms with van der Waals surface area (Å²) in [5, 5.41) is 0. The molecule has 0 rings (SSSR count). The molecule has 64 valence electrons. The van der Waals surface area contributed by atoms with Crippen molar-refractivity contribution in [2.45, 2.75) is 0 Å².